The fraction of sp³-hybridized carbons (Fsp3) is 0.565. The molecule has 0 spiro atoms. The number of carbonyl (C=O) groups excluding carboxylic acids is 3. The molecule has 33 heavy (non-hydrogen) atoms. The summed E-state index contributed by atoms with van der Waals surface area (Å²) in [6, 6.07) is 5.04. The van der Waals surface area contributed by atoms with E-state index in [0.717, 1.165) is 5.56 Å². The minimum atomic E-state index is -1.18. The van der Waals surface area contributed by atoms with E-state index >= 15 is 0 Å². The number of hydrogen-bond acceptors (Lipinski definition) is 6. The van der Waals surface area contributed by atoms with Gasteiger partial charge in [0.15, 0.2) is 0 Å². The van der Waals surface area contributed by atoms with Crippen molar-refractivity contribution in [2.45, 2.75) is 63.7 Å². The van der Waals surface area contributed by atoms with E-state index in [1.54, 1.807) is 0 Å². The van der Waals surface area contributed by atoms with Gasteiger partial charge in [0.1, 0.15) is 24.2 Å². The number of carboxylic acids is 1. The van der Waals surface area contributed by atoms with Crippen molar-refractivity contribution in [2.75, 3.05) is 13.2 Å². The van der Waals surface area contributed by atoms with E-state index in [4.69, 9.17) is 5.73 Å². The van der Waals surface area contributed by atoms with E-state index in [0.29, 0.717) is 19.4 Å². The Balaban J connectivity index is 2.19. The van der Waals surface area contributed by atoms with Gasteiger partial charge in [-0.05, 0) is 30.7 Å². The number of aliphatic carboxylic acids is 1. The lowest BCUT2D eigenvalue weighted by Gasteiger charge is -2.30. The van der Waals surface area contributed by atoms with Crippen LogP contribution in [0.2, 0.25) is 0 Å². The molecule has 1 aromatic rings. The fourth-order valence-corrected chi connectivity index (χ4v) is 3.88. The number of nitrogens with zero attached hydrogens (tertiary/aromatic N) is 1. The van der Waals surface area contributed by atoms with Gasteiger partial charge in [-0.3, -0.25) is 14.4 Å². The number of amides is 3. The van der Waals surface area contributed by atoms with Gasteiger partial charge in [-0.2, -0.15) is 0 Å². The largest absolute Gasteiger partial charge is 0.480 e. The maximum atomic E-state index is 13.4. The van der Waals surface area contributed by atoms with Crippen molar-refractivity contribution in [1.82, 2.24) is 15.5 Å². The number of nitrogens with two attached hydrogens (primary N) is 1. The molecule has 6 N–H and O–H groups in total. The Morgan fingerprint density at radius 2 is 1.79 bits per heavy atom. The predicted molar refractivity (Wildman–Crippen MR) is 121 cm³/mol. The Bertz CT molecular complexity index is 832. The molecule has 1 heterocycles. The molecule has 1 aliphatic rings. The van der Waals surface area contributed by atoms with Gasteiger partial charge in [-0.25, -0.2) is 4.79 Å². The molecule has 10 heteroatoms. The number of rotatable bonds is 11. The van der Waals surface area contributed by atoms with E-state index < -0.39 is 54.5 Å². The zero-order valence-corrected chi connectivity index (χ0v) is 19.1. The lowest BCUT2D eigenvalue weighted by Crippen LogP contribution is -2.57. The summed E-state index contributed by atoms with van der Waals surface area (Å²) in [6.45, 7) is 3.47. The van der Waals surface area contributed by atoms with Crippen molar-refractivity contribution in [2.24, 2.45) is 11.7 Å². The van der Waals surface area contributed by atoms with Crippen LogP contribution in [0.4, 0.5) is 0 Å². The van der Waals surface area contributed by atoms with Crippen molar-refractivity contribution in [1.29, 1.82) is 0 Å². The zero-order chi connectivity index (χ0) is 24.5. The summed E-state index contributed by atoms with van der Waals surface area (Å²) < 4.78 is 0. The van der Waals surface area contributed by atoms with Crippen LogP contribution in [0.25, 0.3) is 0 Å². The van der Waals surface area contributed by atoms with Crippen LogP contribution in [0.1, 0.15) is 38.7 Å². The van der Waals surface area contributed by atoms with Gasteiger partial charge in [0, 0.05) is 13.0 Å². The number of carboxylic acid groups (broad SMARTS) is 1. The Labute approximate surface area is 193 Å². The molecule has 4 atom stereocenters. The van der Waals surface area contributed by atoms with Crippen LogP contribution < -0.4 is 16.4 Å². The molecule has 182 valence electrons. The Morgan fingerprint density at radius 3 is 2.36 bits per heavy atom. The molecular weight excluding hydrogens is 428 g/mol. The van der Waals surface area contributed by atoms with E-state index in [-0.39, 0.29) is 18.8 Å². The first-order valence-electron chi connectivity index (χ1n) is 11.2. The van der Waals surface area contributed by atoms with Crippen LogP contribution in [-0.4, -0.2) is 76.1 Å². The van der Waals surface area contributed by atoms with Gasteiger partial charge >= 0.3 is 5.97 Å². The standard InChI is InChI=1S/C23H34N4O6/c1-14(2)11-18(23(32)33)26-21(30)19-9-6-10-27(19)22(31)17(25-20(29)16(24)13-28)12-15-7-4-3-5-8-15/h3-5,7-8,14,16-19,28H,6,9-13,24H2,1-2H3,(H,25,29)(H,26,30)(H,32,33). The highest BCUT2D eigenvalue weighted by molar-refractivity contribution is 5.94. The van der Waals surface area contributed by atoms with Crippen LogP contribution in [0, 0.1) is 5.92 Å². The first-order chi connectivity index (χ1) is 15.6. The van der Waals surface area contributed by atoms with E-state index in [1.165, 1.54) is 4.90 Å². The number of nitrogens with one attached hydrogen (secondary N) is 2. The Kier molecular flexibility index (Phi) is 9.80. The average Bonchev–Trinajstić information content (AvgIpc) is 3.27. The molecule has 2 rings (SSSR count). The fourth-order valence-electron chi connectivity index (χ4n) is 3.88. The molecule has 1 fully saturated rings. The Hall–Kier alpha value is -2.98. The van der Waals surface area contributed by atoms with Gasteiger partial charge in [0.2, 0.25) is 17.7 Å². The SMILES string of the molecule is CC(C)CC(NC(=O)C1CCCN1C(=O)C(Cc1ccccc1)NC(=O)C(N)CO)C(=O)O. The molecule has 0 aliphatic carbocycles. The molecular formula is C23H34N4O6. The zero-order valence-electron chi connectivity index (χ0n) is 19.1. The number of aliphatic hydroxyl groups excluding tert-OH is 1. The number of carbonyl (C=O) groups is 4. The second-order valence-electron chi connectivity index (χ2n) is 8.76. The number of hydrogen-bond donors (Lipinski definition) is 5. The molecule has 1 aromatic carbocycles. The van der Waals surface area contributed by atoms with E-state index in [2.05, 4.69) is 10.6 Å². The summed E-state index contributed by atoms with van der Waals surface area (Å²) in [4.78, 5) is 51.6. The van der Waals surface area contributed by atoms with Crippen LogP contribution in [0.3, 0.4) is 0 Å². The Morgan fingerprint density at radius 1 is 1.12 bits per heavy atom. The first-order valence-corrected chi connectivity index (χ1v) is 11.2. The molecule has 1 aliphatic heterocycles. The van der Waals surface area contributed by atoms with Crippen molar-refractivity contribution < 1.29 is 29.4 Å². The number of likely N-dealkylation sites (tertiary alicyclic amines) is 1. The van der Waals surface area contributed by atoms with Gasteiger partial charge in [-0.1, -0.05) is 44.2 Å². The van der Waals surface area contributed by atoms with Crippen LogP contribution >= 0.6 is 0 Å². The van der Waals surface area contributed by atoms with Crippen molar-refractivity contribution in [3.63, 3.8) is 0 Å². The minimum absolute atomic E-state index is 0.0638. The second-order valence-corrected chi connectivity index (χ2v) is 8.76. The maximum absolute atomic E-state index is 13.4. The van der Waals surface area contributed by atoms with Crippen molar-refractivity contribution >= 4 is 23.7 Å². The molecule has 3 amide bonds. The molecule has 0 radical (unpaired) electrons. The second kappa shape index (κ2) is 12.3. The van der Waals surface area contributed by atoms with Crippen LogP contribution in [-0.2, 0) is 25.6 Å². The maximum Gasteiger partial charge on any atom is 0.326 e. The monoisotopic (exact) mass is 462 g/mol. The molecule has 10 nitrogen and oxygen atoms in total. The topological polar surface area (TPSA) is 162 Å². The summed E-state index contributed by atoms with van der Waals surface area (Å²) in [5, 5.41) is 23.8. The lowest BCUT2D eigenvalue weighted by molar-refractivity contribution is -0.145. The summed E-state index contributed by atoms with van der Waals surface area (Å²) in [5.74, 6) is -2.71. The highest BCUT2D eigenvalue weighted by Gasteiger charge is 2.39. The normalized spacial score (nSPS) is 18.5. The summed E-state index contributed by atoms with van der Waals surface area (Å²) in [5.41, 5.74) is 6.41. The summed E-state index contributed by atoms with van der Waals surface area (Å²) >= 11 is 0. The van der Waals surface area contributed by atoms with Gasteiger partial charge in [0.05, 0.1) is 6.61 Å². The van der Waals surface area contributed by atoms with Crippen molar-refractivity contribution in [3.05, 3.63) is 35.9 Å². The molecule has 0 saturated carbocycles. The molecule has 1 saturated heterocycles. The average molecular weight is 463 g/mol. The smallest absolute Gasteiger partial charge is 0.326 e. The number of aliphatic hydroxyl groups is 1. The highest BCUT2D eigenvalue weighted by atomic mass is 16.4. The molecule has 0 bridgehead atoms. The van der Waals surface area contributed by atoms with Crippen LogP contribution in [0.15, 0.2) is 30.3 Å². The third-order valence-electron chi connectivity index (χ3n) is 5.59. The van der Waals surface area contributed by atoms with Gasteiger partial charge < -0.3 is 31.5 Å². The summed E-state index contributed by atoms with van der Waals surface area (Å²) in [7, 11) is 0. The molecule has 4 unspecified atom stereocenters. The van der Waals surface area contributed by atoms with E-state index in [9.17, 15) is 29.4 Å². The highest BCUT2D eigenvalue weighted by Crippen LogP contribution is 2.20. The van der Waals surface area contributed by atoms with E-state index in [1.807, 2.05) is 44.2 Å². The lowest BCUT2D eigenvalue weighted by atomic mass is 10.0. The van der Waals surface area contributed by atoms with Gasteiger partial charge in [0.25, 0.3) is 0 Å². The first kappa shape index (κ1) is 26.3. The molecule has 0 aromatic heterocycles. The number of benzene rings is 1. The third kappa shape index (κ3) is 7.54. The quantitative estimate of drug-likeness (QED) is 0.300. The van der Waals surface area contributed by atoms with Gasteiger partial charge in [-0.15, -0.1) is 0 Å². The minimum Gasteiger partial charge on any atom is -0.480 e. The van der Waals surface area contributed by atoms with Crippen molar-refractivity contribution in [3.8, 4) is 0 Å². The summed E-state index contributed by atoms with van der Waals surface area (Å²) in [6.07, 6.45) is 1.43. The third-order valence-corrected chi connectivity index (χ3v) is 5.59. The van der Waals surface area contributed by atoms with Crippen LogP contribution in [0.5, 0.6) is 0 Å². The predicted octanol–water partition coefficient (Wildman–Crippen LogP) is -0.360.